The Hall–Kier alpha value is -1.20. The molecular weight excluding hydrogens is 284 g/mol. The summed E-state index contributed by atoms with van der Waals surface area (Å²) in [7, 11) is 1.67. The first-order valence-electron chi connectivity index (χ1n) is 7.29. The van der Waals surface area contributed by atoms with E-state index in [0.717, 1.165) is 29.1 Å². The molecule has 0 aliphatic carbocycles. The first-order valence-corrected chi connectivity index (χ1v) is 8.44. The molecule has 1 aliphatic rings. The number of methoxy groups -OCH3 is 1. The Morgan fingerprint density at radius 2 is 2.19 bits per heavy atom. The van der Waals surface area contributed by atoms with Gasteiger partial charge < -0.3 is 15.4 Å². The lowest BCUT2D eigenvalue weighted by molar-refractivity contribution is 0.0624. The van der Waals surface area contributed by atoms with Gasteiger partial charge in [0.25, 0.3) is 5.91 Å². The number of amides is 1. The van der Waals surface area contributed by atoms with Gasteiger partial charge in [-0.25, -0.2) is 0 Å². The van der Waals surface area contributed by atoms with Crippen molar-refractivity contribution in [3.8, 4) is 0 Å². The molecule has 2 rings (SSSR count). The van der Waals surface area contributed by atoms with Gasteiger partial charge in [0.05, 0.1) is 6.61 Å². The van der Waals surface area contributed by atoms with Crippen molar-refractivity contribution in [1.82, 2.24) is 4.90 Å². The lowest BCUT2D eigenvalue weighted by Gasteiger charge is -2.29. The van der Waals surface area contributed by atoms with Gasteiger partial charge in [-0.2, -0.15) is 11.8 Å². The maximum absolute atomic E-state index is 12.9. The van der Waals surface area contributed by atoms with E-state index >= 15 is 0 Å². The number of carbonyl (C=O) groups is 1. The minimum atomic E-state index is 0.0729. The molecule has 0 bridgehead atoms. The van der Waals surface area contributed by atoms with Gasteiger partial charge in [-0.15, -0.1) is 0 Å². The predicted octanol–water partition coefficient (Wildman–Crippen LogP) is 2.48. The average molecular weight is 308 g/mol. The number of thioether (sulfide) groups is 1. The topological polar surface area (TPSA) is 55.6 Å². The summed E-state index contributed by atoms with van der Waals surface area (Å²) in [6.45, 7) is 5.13. The number of rotatable bonds is 5. The lowest BCUT2D eigenvalue weighted by Crippen LogP contribution is -2.42. The minimum absolute atomic E-state index is 0.0729. The molecule has 1 atom stereocenters. The number of hydrogen-bond donors (Lipinski definition) is 1. The summed E-state index contributed by atoms with van der Waals surface area (Å²) in [5.74, 6) is 2.20. The van der Waals surface area contributed by atoms with Gasteiger partial charge in [0.15, 0.2) is 0 Å². The van der Waals surface area contributed by atoms with Crippen molar-refractivity contribution >= 4 is 23.4 Å². The van der Waals surface area contributed by atoms with E-state index < -0.39 is 0 Å². The van der Waals surface area contributed by atoms with Gasteiger partial charge in [-0.3, -0.25) is 4.79 Å². The fraction of sp³-hybridized carbons (Fsp3) is 0.562. The van der Waals surface area contributed by atoms with E-state index in [2.05, 4.69) is 0 Å². The number of aryl methyl sites for hydroxylation is 2. The summed E-state index contributed by atoms with van der Waals surface area (Å²) >= 11 is 1.91. The van der Waals surface area contributed by atoms with Crippen LogP contribution in [0.1, 0.15) is 27.9 Å². The van der Waals surface area contributed by atoms with Gasteiger partial charge in [0, 0.05) is 36.7 Å². The van der Waals surface area contributed by atoms with Gasteiger partial charge in [0.1, 0.15) is 0 Å². The molecule has 1 aliphatic heterocycles. The highest BCUT2D eigenvalue weighted by Gasteiger charge is 2.28. The Kier molecular flexibility index (Phi) is 5.53. The summed E-state index contributed by atoms with van der Waals surface area (Å²) < 4.78 is 5.17. The van der Waals surface area contributed by atoms with Crippen LogP contribution in [-0.2, 0) is 4.74 Å². The molecule has 2 N–H and O–H groups in total. The first-order chi connectivity index (χ1) is 10.0. The average Bonchev–Trinajstić information content (AvgIpc) is 2.97. The van der Waals surface area contributed by atoms with Gasteiger partial charge >= 0.3 is 0 Å². The molecule has 116 valence electrons. The van der Waals surface area contributed by atoms with Crippen molar-refractivity contribution in [3.63, 3.8) is 0 Å². The van der Waals surface area contributed by atoms with E-state index in [9.17, 15) is 4.79 Å². The van der Waals surface area contributed by atoms with Crippen molar-refractivity contribution in [3.05, 3.63) is 28.8 Å². The molecule has 1 fully saturated rings. The predicted molar refractivity (Wildman–Crippen MR) is 89.0 cm³/mol. The molecule has 5 heteroatoms. The molecule has 21 heavy (non-hydrogen) atoms. The van der Waals surface area contributed by atoms with Crippen LogP contribution in [0.4, 0.5) is 5.69 Å². The van der Waals surface area contributed by atoms with E-state index in [-0.39, 0.29) is 5.91 Å². The van der Waals surface area contributed by atoms with E-state index in [1.165, 1.54) is 0 Å². The Labute approximate surface area is 131 Å². The molecule has 1 saturated heterocycles. The summed E-state index contributed by atoms with van der Waals surface area (Å²) in [5, 5.41) is 0. The van der Waals surface area contributed by atoms with Crippen molar-refractivity contribution in [2.24, 2.45) is 0 Å². The smallest absolute Gasteiger partial charge is 0.254 e. The lowest BCUT2D eigenvalue weighted by atomic mass is 10.0. The number of hydrogen-bond acceptors (Lipinski definition) is 4. The van der Waals surface area contributed by atoms with Crippen LogP contribution >= 0.6 is 11.8 Å². The number of carbonyl (C=O) groups excluding carboxylic acids is 1. The second kappa shape index (κ2) is 7.18. The van der Waals surface area contributed by atoms with Gasteiger partial charge in [0.2, 0.25) is 0 Å². The van der Waals surface area contributed by atoms with Crippen LogP contribution in [0.3, 0.4) is 0 Å². The minimum Gasteiger partial charge on any atom is -0.398 e. The molecule has 1 amide bonds. The van der Waals surface area contributed by atoms with Crippen LogP contribution in [-0.4, -0.2) is 48.6 Å². The van der Waals surface area contributed by atoms with Crippen molar-refractivity contribution in [2.45, 2.75) is 26.3 Å². The SMILES string of the molecule is COCCN(C(=O)c1cc(N)c(C)cc1C)C1CCSC1. The second-order valence-corrected chi connectivity index (χ2v) is 6.68. The fourth-order valence-corrected chi connectivity index (χ4v) is 3.89. The number of anilines is 1. The number of ether oxygens (including phenoxy) is 1. The summed E-state index contributed by atoms with van der Waals surface area (Å²) in [6, 6.07) is 4.11. The van der Waals surface area contributed by atoms with Crippen LogP contribution in [0.2, 0.25) is 0 Å². The third kappa shape index (κ3) is 3.71. The Balaban J connectivity index is 2.26. The largest absolute Gasteiger partial charge is 0.398 e. The summed E-state index contributed by atoms with van der Waals surface area (Å²) in [4.78, 5) is 14.9. The van der Waals surface area contributed by atoms with Gasteiger partial charge in [-0.1, -0.05) is 6.07 Å². The normalized spacial score (nSPS) is 18.0. The second-order valence-electron chi connectivity index (χ2n) is 5.53. The van der Waals surface area contributed by atoms with Crippen molar-refractivity contribution in [2.75, 3.05) is 37.5 Å². The standard InChI is InChI=1S/C16H24N2O2S/c1-11-8-12(2)15(17)9-14(11)16(19)18(5-6-20-3)13-4-7-21-10-13/h8-9,13H,4-7,10,17H2,1-3H3. The fourth-order valence-electron chi connectivity index (χ4n) is 2.66. The van der Waals surface area contributed by atoms with E-state index in [1.54, 1.807) is 7.11 Å². The molecule has 1 aromatic carbocycles. The molecule has 0 saturated carbocycles. The molecule has 1 heterocycles. The third-order valence-corrected chi connectivity index (χ3v) is 5.13. The molecule has 1 unspecified atom stereocenters. The van der Waals surface area contributed by atoms with Crippen LogP contribution in [0.5, 0.6) is 0 Å². The Morgan fingerprint density at radius 3 is 2.81 bits per heavy atom. The molecule has 4 nitrogen and oxygen atoms in total. The van der Waals surface area contributed by atoms with Crippen LogP contribution in [0.15, 0.2) is 12.1 Å². The first kappa shape index (κ1) is 16.2. The molecule has 0 aromatic heterocycles. The maximum atomic E-state index is 12.9. The highest BCUT2D eigenvalue weighted by atomic mass is 32.2. The summed E-state index contributed by atoms with van der Waals surface area (Å²) in [5.41, 5.74) is 9.38. The van der Waals surface area contributed by atoms with Gasteiger partial charge in [-0.05, 0) is 43.2 Å². The Morgan fingerprint density at radius 1 is 1.43 bits per heavy atom. The van der Waals surface area contributed by atoms with Crippen molar-refractivity contribution in [1.29, 1.82) is 0 Å². The van der Waals surface area contributed by atoms with E-state index in [0.29, 0.717) is 30.4 Å². The Bertz CT molecular complexity index is 513. The third-order valence-electron chi connectivity index (χ3n) is 3.99. The number of nitrogens with two attached hydrogens (primary N) is 1. The quantitative estimate of drug-likeness (QED) is 0.849. The monoisotopic (exact) mass is 308 g/mol. The zero-order chi connectivity index (χ0) is 15.4. The maximum Gasteiger partial charge on any atom is 0.254 e. The zero-order valence-corrected chi connectivity index (χ0v) is 13.8. The number of nitrogens with zero attached hydrogens (tertiary/aromatic N) is 1. The van der Waals surface area contributed by atoms with Crippen molar-refractivity contribution < 1.29 is 9.53 Å². The number of nitrogen functional groups attached to an aromatic ring is 1. The van der Waals surface area contributed by atoms with Crippen LogP contribution < -0.4 is 5.73 Å². The van der Waals surface area contributed by atoms with Crippen LogP contribution in [0.25, 0.3) is 0 Å². The van der Waals surface area contributed by atoms with E-state index in [1.807, 2.05) is 42.6 Å². The van der Waals surface area contributed by atoms with E-state index in [4.69, 9.17) is 10.5 Å². The molecule has 0 spiro atoms. The van der Waals surface area contributed by atoms with Crippen LogP contribution in [0, 0.1) is 13.8 Å². The highest BCUT2D eigenvalue weighted by Crippen LogP contribution is 2.26. The summed E-state index contributed by atoms with van der Waals surface area (Å²) in [6.07, 6.45) is 1.06. The number of benzene rings is 1. The molecule has 0 radical (unpaired) electrons. The molecule has 1 aromatic rings. The molecular formula is C16H24N2O2S. The highest BCUT2D eigenvalue weighted by molar-refractivity contribution is 7.99. The zero-order valence-electron chi connectivity index (χ0n) is 13.0.